The highest BCUT2D eigenvalue weighted by molar-refractivity contribution is 4.93. The summed E-state index contributed by atoms with van der Waals surface area (Å²) in [4.78, 5) is 0. The van der Waals surface area contributed by atoms with Crippen LogP contribution in [0.5, 0.6) is 0 Å². The Morgan fingerprint density at radius 3 is 2.25 bits per heavy atom. The van der Waals surface area contributed by atoms with E-state index in [9.17, 15) is 0 Å². The molecule has 3 unspecified atom stereocenters. The summed E-state index contributed by atoms with van der Waals surface area (Å²) in [6.07, 6.45) is 2.62. The average Bonchev–Trinajstić information content (AvgIpc) is 2.29. The molecule has 1 nitrogen and oxygen atoms in total. The highest BCUT2D eigenvalue weighted by Crippen LogP contribution is 2.37. The van der Waals surface area contributed by atoms with Gasteiger partial charge in [-0.25, -0.2) is 0 Å². The highest BCUT2D eigenvalue weighted by Gasteiger charge is 2.37. The molecular formula is C11H23N. The first-order chi connectivity index (χ1) is 5.45. The molecule has 0 saturated carbocycles. The van der Waals surface area contributed by atoms with Gasteiger partial charge in [-0.2, -0.15) is 0 Å². The summed E-state index contributed by atoms with van der Waals surface area (Å²) >= 11 is 0. The Morgan fingerprint density at radius 1 is 1.33 bits per heavy atom. The topological polar surface area (TPSA) is 12.0 Å². The van der Waals surface area contributed by atoms with E-state index in [2.05, 4.69) is 39.9 Å². The molecule has 1 saturated heterocycles. The van der Waals surface area contributed by atoms with Crippen molar-refractivity contribution < 1.29 is 0 Å². The molecule has 0 radical (unpaired) electrons. The van der Waals surface area contributed by atoms with Gasteiger partial charge in [0.05, 0.1) is 0 Å². The second-order valence-corrected chi connectivity index (χ2v) is 5.29. The van der Waals surface area contributed by atoms with E-state index in [4.69, 9.17) is 0 Å². The summed E-state index contributed by atoms with van der Waals surface area (Å²) in [5.74, 6) is 0.859. The molecule has 1 aliphatic heterocycles. The fraction of sp³-hybridized carbons (Fsp3) is 1.00. The molecule has 0 amide bonds. The smallest absolute Gasteiger partial charge is 0.0101 e. The first-order valence-electron chi connectivity index (χ1n) is 5.21. The van der Waals surface area contributed by atoms with Gasteiger partial charge in [0.15, 0.2) is 0 Å². The van der Waals surface area contributed by atoms with Crippen LogP contribution in [-0.2, 0) is 0 Å². The number of rotatable bonds is 1. The van der Waals surface area contributed by atoms with Gasteiger partial charge in [0.25, 0.3) is 0 Å². The summed E-state index contributed by atoms with van der Waals surface area (Å²) in [5.41, 5.74) is 0.471. The maximum atomic E-state index is 3.66. The predicted molar refractivity (Wildman–Crippen MR) is 54.2 cm³/mol. The average molecular weight is 169 g/mol. The molecule has 0 aromatic carbocycles. The van der Waals surface area contributed by atoms with Crippen molar-refractivity contribution >= 4 is 0 Å². The van der Waals surface area contributed by atoms with Gasteiger partial charge >= 0.3 is 0 Å². The lowest BCUT2D eigenvalue weighted by atomic mass is 9.75. The van der Waals surface area contributed by atoms with Crippen LogP contribution >= 0.6 is 0 Å². The molecule has 1 N–H and O–H groups in total. The minimum Gasteiger partial charge on any atom is -0.311 e. The summed E-state index contributed by atoms with van der Waals surface area (Å²) in [5, 5.41) is 3.66. The molecule has 12 heavy (non-hydrogen) atoms. The fourth-order valence-electron chi connectivity index (χ4n) is 2.45. The van der Waals surface area contributed by atoms with Gasteiger partial charge in [-0.05, 0) is 31.1 Å². The molecule has 1 heterocycles. The molecular weight excluding hydrogens is 146 g/mol. The zero-order chi connectivity index (χ0) is 9.35. The normalized spacial score (nSPS) is 37.2. The van der Waals surface area contributed by atoms with Crippen molar-refractivity contribution in [2.45, 2.75) is 59.5 Å². The fourth-order valence-corrected chi connectivity index (χ4v) is 2.45. The summed E-state index contributed by atoms with van der Waals surface area (Å²) in [6.45, 7) is 11.7. The summed E-state index contributed by atoms with van der Waals surface area (Å²) in [7, 11) is 0. The highest BCUT2D eigenvalue weighted by atomic mass is 15.0. The molecule has 0 aliphatic carbocycles. The summed E-state index contributed by atoms with van der Waals surface area (Å²) < 4.78 is 0. The zero-order valence-electron chi connectivity index (χ0n) is 9.15. The number of hydrogen-bond donors (Lipinski definition) is 1. The van der Waals surface area contributed by atoms with Crippen LogP contribution in [0.15, 0.2) is 0 Å². The van der Waals surface area contributed by atoms with Gasteiger partial charge < -0.3 is 5.32 Å². The van der Waals surface area contributed by atoms with E-state index in [-0.39, 0.29) is 0 Å². The molecule has 3 atom stereocenters. The quantitative estimate of drug-likeness (QED) is 0.636. The van der Waals surface area contributed by atoms with E-state index >= 15 is 0 Å². The van der Waals surface area contributed by atoms with E-state index in [1.54, 1.807) is 0 Å². The third-order valence-electron chi connectivity index (χ3n) is 3.14. The van der Waals surface area contributed by atoms with E-state index in [1.807, 2.05) is 0 Å². The van der Waals surface area contributed by atoms with Gasteiger partial charge in [0.1, 0.15) is 0 Å². The minimum atomic E-state index is 0.471. The first kappa shape index (κ1) is 10.0. The molecule has 0 aromatic rings. The van der Waals surface area contributed by atoms with Gasteiger partial charge in [-0.1, -0.05) is 27.7 Å². The van der Waals surface area contributed by atoms with Crippen LogP contribution < -0.4 is 5.32 Å². The molecule has 72 valence electrons. The third-order valence-corrected chi connectivity index (χ3v) is 3.14. The number of hydrogen-bond acceptors (Lipinski definition) is 1. The molecule has 1 aliphatic rings. The van der Waals surface area contributed by atoms with Gasteiger partial charge in [-0.3, -0.25) is 0 Å². The van der Waals surface area contributed by atoms with Crippen molar-refractivity contribution in [3.05, 3.63) is 0 Å². The zero-order valence-corrected chi connectivity index (χ0v) is 9.15. The van der Waals surface area contributed by atoms with E-state index < -0.39 is 0 Å². The van der Waals surface area contributed by atoms with Crippen molar-refractivity contribution in [1.29, 1.82) is 0 Å². The van der Waals surface area contributed by atoms with Gasteiger partial charge in [0.2, 0.25) is 0 Å². The van der Waals surface area contributed by atoms with Crippen molar-refractivity contribution in [2.75, 3.05) is 0 Å². The largest absolute Gasteiger partial charge is 0.311 e. The second-order valence-electron chi connectivity index (χ2n) is 5.29. The Hall–Kier alpha value is -0.0400. The Bertz CT molecular complexity index is 146. The molecule has 1 heteroatoms. The third kappa shape index (κ3) is 2.01. The molecule has 0 bridgehead atoms. The predicted octanol–water partition coefficient (Wildman–Crippen LogP) is 2.81. The molecule has 0 aromatic heterocycles. The van der Waals surface area contributed by atoms with Gasteiger partial charge in [0, 0.05) is 12.1 Å². The lowest BCUT2D eigenvalue weighted by molar-refractivity contribution is 0.213. The SMILES string of the molecule is CCC1NC(C)CC1C(C)(C)C. The van der Waals surface area contributed by atoms with E-state index in [1.165, 1.54) is 12.8 Å². The van der Waals surface area contributed by atoms with Crippen LogP contribution in [0.4, 0.5) is 0 Å². The van der Waals surface area contributed by atoms with Crippen molar-refractivity contribution in [2.24, 2.45) is 11.3 Å². The van der Waals surface area contributed by atoms with Crippen molar-refractivity contribution in [1.82, 2.24) is 5.32 Å². The van der Waals surface area contributed by atoms with Crippen LogP contribution in [0.2, 0.25) is 0 Å². The van der Waals surface area contributed by atoms with E-state index in [0.717, 1.165) is 18.0 Å². The van der Waals surface area contributed by atoms with E-state index in [0.29, 0.717) is 5.41 Å². The van der Waals surface area contributed by atoms with Crippen LogP contribution in [0.25, 0.3) is 0 Å². The Morgan fingerprint density at radius 2 is 1.92 bits per heavy atom. The monoisotopic (exact) mass is 169 g/mol. The lowest BCUT2D eigenvalue weighted by Gasteiger charge is -2.31. The maximum absolute atomic E-state index is 3.66. The molecule has 1 rings (SSSR count). The Balaban J connectivity index is 2.64. The Labute approximate surface area is 76.9 Å². The summed E-state index contributed by atoms with van der Waals surface area (Å²) in [6, 6.07) is 1.47. The van der Waals surface area contributed by atoms with Crippen LogP contribution in [0.1, 0.15) is 47.5 Å². The maximum Gasteiger partial charge on any atom is 0.0101 e. The van der Waals surface area contributed by atoms with Crippen LogP contribution in [-0.4, -0.2) is 12.1 Å². The van der Waals surface area contributed by atoms with Crippen LogP contribution in [0.3, 0.4) is 0 Å². The second kappa shape index (κ2) is 3.37. The molecule has 0 spiro atoms. The minimum absolute atomic E-state index is 0.471. The van der Waals surface area contributed by atoms with Crippen molar-refractivity contribution in [3.63, 3.8) is 0 Å². The van der Waals surface area contributed by atoms with Crippen LogP contribution in [0, 0.1) is 11.3 Å². The number of nitrogens with one attached hydrogen (secondary N) is 1. The lowest BCUT2D eigenvalue weighted by Crippen LogP contribution is -2.34. The first-order valence-corrected chi connectivity index (χ1v) is 5.21. The standard InChI is InChI=1S/C11H23N/c1-6-10-9(11(3,4)5)7-8(2)12-10/h8-10,12H,6-7H2,1-5H3. The molecule has 1 fully saturated rings. The van der Waals surface area contributed by atoms with Crippen molar-refractivity contribution in [3.8, 4) is 0 Å². The Kier molecular flexibility index (Phi) is 2.82. The van der Waals surface area contributed by atoms with Gasteiger partial charge in [-0.15, -0.1) is 0 Å².